The number of hydrogen-bond donors (Lipinski definition) is 2. The smallest absolute Gasteiger partial charge is 0.243 e. The molecule has 0 radical (unpaired) electrons. The number of rotatable bonds is 5. The Kier molecular flexibility index (Phi) is 4.61. The summed E-state index contributed by atoms with van der Waals surface area (Å²) in [7, 11) is -3.80. The van der Waals surface area contributed by atoms with Gasteiger partial charge in [0.15, 0.2) is 0 Å². The van der Waals surface area contributed by atoms with Crippen LogP contribution in [0.3, 0.4) is 0 Å². The van der Waals surface area contributed by atoms with Gasteiger partial charge < -0.3 is 5.73 Å². The fourth-order valence-electron chi connectivity index (χ4n) is 1.78. The van der Waals surface area contributed by atoms with Crippen molar-refractivity contribution in [3.05, 3.63) is 54.1 Å². The number of nitrogens with zero attached hydrogens (tertiary/aromatic N) is 2. The number of sulfonamides is 1. The number of nitrogens with one attached hydrogen (secondary N) is 1. The van der Waals surface area contributed by atoms with E-state index in [-0.39, 0.29) is 15.6 Å². The molecular weight excluding hydrogens is 308 g/mol. The van der Waals surface area contributed by atoms with Crippen LogP contribution in [-0.4, -0.2) is 23.4 Å². The van der Waals surface area contributed by atoms with Crippen molar-refractivity contribution in [2.45, 2.75) is 17.9 Å². The average Bonchev–Trinajstić information content (AvgIpc) is 2.47. The predicted octanol–water partition coefficient (Wildman–Crippen LogP) is 1.15. The first-order valence-corrected chi connectivity index (χ1v) is 7.99. The van der Waals surface area contributed by atoms with Crippen molar-refractivity contribution in [3.8, 4) is 0 Å². The molecule has 1 unspecified atom stereocenters. The summed E-state index contributed by atoms with van der Waals surface area (Å²) in [4.78, 5) is 7.94. The maximum absolute atomic E-state index is 12.4. The molecule has 110 valence electrons. The van der Waals surface area contributed by atoms with Gasteiger partial charge in [-0.3, -0.25) is 9.97 Å². The number of pyridine rings is 2. The molecule has 0 aliphatic heterocycles. The fourth-order valence-corrected chi connectivity index (χ4v) is 3.40. The minimum atomic E-state index is -3.80. The highest BCUT2D eigenvalue weighted by Gasteiger charge is 2.23. The van der Waals surface area contributed by atoms with Crippen LogP contribution < -0.4 is 10.5 Å². The lowest BCUT2D eigenvalue weighted by Gasteiger charge is -2.15. The average molecular weight is 322 g/mol. The summed E-state index contributed by atoms with van der Waals surface area (Å²) in [5.41, 5.74) is 6.21. The Hall–Kier alpha value is -1.90. The lowest BCUT2D eigenvalue weighted by molar-refractivity contribution is 0.563. The Bertz CT molecular complexity index is 748. The number of hydrogen-bond acceptors (Lipinski definition) is 5. The molecule has 0 aliphatic carbocycles. The molecule has 2 rings (SSSR count). The summed E-state index contributed by atoms with van der Waals surface area (Å²) in [5.74, 6) is 0. The third-order valence-corrected chi connectivity index (χ3v) is 4.52. The second-order valence-corrected chi connectivity index (χ2v) is 6.43. The molecule has 2 heterocycles. The first-order valence-electron chi connectivity index (χ1n) is 6.10. The van der Waals surface area contributed by atoms with E-state index in [1.165, 1.54) is 18.3 Å². The molecule has 6 nitrogen and oxygen atoms in total. The molecule has 1 atom stereocenters. The second-order valence-electron chi connectivity index (χ2n) is 4.31. The van der Waals surface area contributed by atoms with Crippen LogP contribution in [0.25, 0.3) is 0 Å². The Morgan fingerprint density at radius 1 is 1.24 bits per heavy atom. The van der Waals surface area contributed by atoms with Crippen molar-refractivity contribution in [2.75, 3.05) is 0 Å². The predicted molar refractivity (Wildman–Crippen MR) is 83.1 cm³/mol. The SMILES string of the molecule is CC(NS(=O)(=O)c1cccnc1C(N)=S)c1ccccn1. The van der Waals surface area contributed by atoms with E-state index in [0.717, 1.165) is 0 Å². The zero-order valence-electron chi connectivity index (χ0n) is 11.2. The molecule has 0 spiro atoms. The second kappa shape index (κ2) is 6.25. The van der Waals surface area contributed by atoms with Crippen molar-refractivity contribution in [1.82, 2.24) is 14.7 Å². The van der Waals surface area contributed by atoms with Gasteiger partial charge in [-0.1, -0.05) is 18.3 Å². The van der Waals surface area contributed by atoms with Gasteiger partial charge in [-0.2, -0.15) is 0 Å². The molecule has 0 aromatic carbocycles. The highest BCUT2D eigenvalue weighted by atomic mass is 32.2. The van der Waals surface area contributed by atoms with Crippen LogP contribution in [0.5, 0.6) is 0 Å². The molecule has 0 saturated heterocycles. The first-order chi connectivity index (χ1) is 9.92. The molecule has 3 N–H and O–H groups in total. The van der Waals surface area contributed by atoms with Gasteiger partial charge in [0.05, 0.1) is 11.7 Å². The van der Waals surface area contributed by atoms with Crippen molar-refractivity contribution in [2.24, 2.45) is 5.73 Å². The van der Waals surface area contributed by atoms with Crippen LogP contribution in [0.1, 0.15) is 24.4 Å². The van der Waals surface area contributed by atoms with E-state index in [9.17, 15) is 8.42 Å². The van der Waals surface area contributed by atoms with E-state index in [1.807, 2.05) is 0 Å². The van der Waals surface area contributed by atoms with E-state index in [2.05, 4.69) is 14.7 Å². The van der Waals surface area contributed by atoms with Gasteiger partial charge in [0.2, 0.25) is 10.0 Å². The molecular formula is C13H14N4O2S2. The molecule has 2 aromatic rings. The van der Waals surface area contributed by atoms with Crippen molar-refractivity contribution < 1.29 is 8.42 Å². The summed E-state index contributed by atoms with van der Waals surface area (Å²) >= 11 is 4.84. The van der Waals surface area contributed by atoms with Crippen molar-refractivity contribution in [3.63, 3.8) is 0 Å². The van der Waals surface area contributed by atoms with Gasteiger partial charge in [-0.15, -0.1) is 0 Å². The van der Waals surface area contributed by atoms with Gasteiger partial charge in [0, 0.05) is 12.4 Å². The molecule has 0 fully saturated rings. The van der Waals surface area contributed by atoms with E-state index in [1.54, 1.807) is 31.3 Å². The Morgan fingerprint density at radius 3 is 2.57 bits per heavy atom. The van der Waals surface area contributed by atoms with Gasteiger partial charge >= 0.3 is 0 Å². The first kappa shape index (κ1) is 15.5. The van der Waals surface area contributed by atoms with Gasteiger partial charge in [0.1, 0.15) is 15.6 Å². The lowest BCUT2D eigenvalue weighted by atomic mass is 10.2. The van der Waals surface area contributed by atoms with Gasteiger partial charge in [-0.05, 0) is 31.2 Å². The molecule has 0 amide bonds. The molecule has 0 aliphatic rings. The highest BCUT2D eigenvalue weighted by Crippen LogP contribution is 2.17. The maximum Gasteiger partial charge on any atom is 0.243 e. The third kappa shape index (κ3) is 3.60. The van der Waals surface area contributed by atoms with Gasteiger partial charge in [-0.25, -0.2) is 13.1 Å². The van der Waals surface area contributed by atoms with E-state index < -0.39 is 16.1 Å². The Balaban J connectivity index is 2.34. The van der Waals surface area contributed by atoms with Crippen molar-refractivity contribution in [1.29, 1.82) is 0 Å². The van der Waals surface area contributed by atoms with Gasteiger partial charge in [0.25, 0.3) is 0 Å². The van der Waals surface area contributed by atoms with Crippen LogP contribution in [0.15, 0.2) is 47.6 Å². The molecule has 0 saturated carbocycles. The van der Waals surface area contributed by atoms with Crippen molar-refractivity contribution >= 4 is 27.2 Å². The molecule has 8 heteroatoms. The molecule has 0 bridgehead atoms. The van der Waals surface area contributed by atoms with Crippen LogP contribution in [0.2, 0.25) is 0 Å². The third-order valence-electron chi connectivity index (χ3n) is 2.76. The van der Waals surface area contributed by atoms with Crippen LogP contribution >= 0.6 is 12.2 Å². The zero-order valence-corrected chi connectivity index (χ0v) is 12.9. The molecule has 21 heavy (non-hydrogen) atoms. The standard InChI is InChI=1S/C13H14N4O2S2/c1-9(10-5-2-3-7-15-10)17-21(18,19)11-6-4-8-16-12(11)13(14)20/h2-9,17H,1H3,(H2,14,20). The van der Waals surface area contributed by atoms with Crippen LogP contribution in [0, 0.1) is 0 Å². The summed E-state index contributed by atoms with van der Waals surface area (Å²) < 4.78 is 27.4. The van der Waals surface area contributed by atoms with Crippen LogP contribution in [-0.2, 0) is 10.0 Å². The maximum atomic E-state index is 12.4. The van der Waals surface area contributed by atoms with E-state index in [4.69, 9.17) is 18.0 Å². The quantitative estimate of drug-likeness (QED) is 0.801. The summed E-state index contributed by atoms with van der Waals surface area (Å²) in [6.45, 7) is 1.71. The summed E-state index contributed by atoms with van der Waals surface area (Å²) in [6.07, 6.45) is 3.04. The minimum Gasteiger partial charge on any atom is -0.388 e. The van der Waals surface area contributed by atoms with Crippen LogP contribution in [0.4, 0.5) is 0 Å². The Labute approximate surface area is 128 Å². The zero-order chi connectivity index (χ0) is 15.5. The largest absolute Gasteiger partial charge is 0.388 e. The summed E-state index contributed by atoms with van der Waals surface area (Å²) in [6, 6.07) is 7.73. The number of aromatic nitrogens is 2. The topological polar surface area (TPSA) is 98.0 Å². The minimum absolute atomic E-state index is 0.0414. The molecule has 2 aromatic heterocycles. The summed E-state index contributed by atoms with van der Waals surface area (Å²) in [5, 5.41) is 0. The van der Waals surface area contributed by atoms with E-state index >= 15 is 0 Å². The normalized spacial score (nSPS) is 12.8. The Morgan fingerprint density at radius 2 is 1.95 bits per heavy atom. The van der Waals surface area contributed by atoms with E-state index in [0.29, 0.717) is 5.69 Å². The monoisotopic (exact) mass is 322 g/mol. The fraction of sp³-hybridized carbons (Fsp3) is 0.154. The number of nitrogens with two attached hydrogens (primary N) is 1. The number of thiocarbonyl (C=S) groups is 1. The lowest BCUT2D eigenvalue weighted by Crippen LogP contribution is -2.30. The highest BCUT2D eigenvalue weighted by molar-refractivity contribution is 7.89.